The van der Waals surface area contributed by atoms with E-state index in [1.165, 1.54) is 18.2 Å². The molecule has 1 aliphatic rings. The summed E-state index contributed by atoms with van der Waals surface area (Å²) in [7, 11) is 0. The fourth-order valence-electron chi connectivity index (χ4n) is 1.60. The summed E-state index contributed by atoms with van der Waals surface area (Å²) in [6.45, 7) is 0. The lowest BCUT2D eigenvalue weighted by Gasteiger charge is -2.09. The number of hydrogen-bond donors (Lipinski definition) is 3. The normalized spacial score (nSPS) is 18.6. The zero-order chi connectivity index (χ0) is 13.3. The van der Waals surface area contributed by atoms with Crippen LogP contribution in [-0.2, 0) is 9.59 Å². The van der Waals surface area contributed by atoms with Crippen LogP contribution in [0.25, 0.3) is 0 Å². The predicted molar refractivity (Wildman–Crippen MR) is 64.9 cm³/mol. The van der Waals surface area contributed by atoms with E-state index in [0.29, 0.717) is 5.02 Å². The van der Waals surface area contributed by atoms with Gasteiger partial charge in [0.2, 0.25) is 11.8 Å². The molecule has 1 saturated heterocycles. The largest absolute Gasteiger partial charge is 0.398 e. The first-order valence-corrected chi connectivity index (χ1v) is 5.55. The van der Waals surface area contributed by atoms with Crippen molar-refractivity contribution in [3.8, 4) is 0 Å². The first-order valence-electron chi connectivity index (χ1n) is 5.17. The van der Waals surface area contributed by atoms with Gasteiger partial charge in [-0.1, -0.05) is 11.6 Å². The van der Waals surface area contributed by atoms with Gasteiger partial charge in [0.15, 0.2) is 0 Å². The van der Waals surface area contributed by atoms with Gasteiger partial charge in [-0.2, -0.15) is 0 Å². The minimum Gasteiger partial charge on any atom is -0.398 e. The summed E-state index contributed by atoms with van der Waals surface area (Å²) in [5.41, 5.74) is 6.13. The van der Waals surface area contributed by atoms with Gasteiger partial charge in [0.05, 0.1) is 17.1 Å². The standard InChI is InChI=1S/C11H10ClN3O3/c12-6-2-1-5(3-7(6)13)10(17)14-8-4-9(16)15-11(8)18/h1-3,8H,4,13H2,(H,14,17)(H,15,16,18). The Morgan fingerprint density at radius 2 is 2.17 bits per heavy atom. The number of nitrogens with one attached hydrogen (secondary N) is 2. The van der Waals surface area contributed by atoms with E-state index < -0.39 is 23.8 Å². The van der Waals surface area contributed by atoms with Crippen molar-refractivity contribution >= 4 is 35.0 Å². The van der Waals surface area contributed by atoms with Crippen molar-refractivity contribution < 1.29 is 14.4 Å². The number of carbonyl (C=O) groups excluding carboxylic acids is 3. The van der Waals surface area contributed by atoms with Gasteiger partial charge in [-0.3, -0.25) is 19.7 Å². The number of halogens is 1. The van der Waals surface area contributed by atoms with Crippen LogP contribution in [0.3, 0.4) is 0 Å². The lowest BCUT2D eigenvalue weighted by molar-refractivity contribution is -0.125. The van der Waals surface area contributed by atoms with E-state index in [4.69, 9.17) is 17.3 Å². The van der Waals surface area contributed by atoms with E-state index in [1.54, 1.807) is 0 Å². The molecular formula is C11H10ClN3O3. The molecule has 2 rings (SSSR count). The number of hydrogen-bond acceptors (Lipinski definition) is 4. The molecule has 18 heavy (non-hydrogen) atoms. The molecule has 1 atom stereocenters. The van der Waals surface area contributed by atoms with Crippen LogP contribution in [0.5, 0.6) is 0 Å². The Balaban J connectivity index is 2.10. The number of anilines is 1. The number of rotatable bonds is 2. The topological polar surface area (TPSA) is 101 Å². The second kappa shape index (κ2) is 4.66. The van der Waals surface area contributed by atoms with Crippen LogP contribution in [-0.4, -0.2) is 23.8 Å². The van der Waals surface area contributed by atoms with Gasteiger partial charge in [0, 0.05) is 5.56 Å². The van der Waals surface area contributed by atoms with Crippen molar-refractivity contribution in [3.05, 3.63) is 28.8 Å². The van der Waals surface area contributed by atoms with Crippen molar-refractivity contribution in [2.45, 2.75) is 12.5 Å². The van der Waals surface area contributed by atoms with Gasteiger partial charge in [-0.15, -0.1) is 0 Å². The average Bonchev–Trinajstić information content (AvgIpc) is 2.61. The number of amides is 3. The van der Waals surface area contributed by atoms with Crippen LogP contribution in [0.15, 0.2) is 18.2 Å². The molecule has 4 N–H and O–H groups in total. The van der Waals surface area contributed by atoms with E-state index in [2.05, 4.69) is 10.6 Å². The molecule has 0 saturated carbocycles. The molecule has 7 heteroatoms. The van der Waals surface area contributed by atoms with E-state index in [9.17, 15) is 14.4 Å². The fourth-order valence-corrected chi connectivity index (χ4v) is 1.71. The smallest absolute Gasteiger partial charge is 0.252 e. The molecule has 1 fully saturated rings. The molecule has 0 radical (unpaired) electrons. The summed E-state index contributed by atoms with van der Waals surface area (Å²) in [6.07, 6.45) is -0.0480. The third-order valence-corrected chi connectivity index (χ3v) is 2.88. The highest BCUT2D eigenvalue weighted by atomic mass is 35.5. The molecule has 1 aromatic rings. The van der Waals surface area contributed by atoms with Crippen LogP contribution in [0.4, 0.5) is 5.69 Å². The highest BCUT2D eigenvalue weighted by Gasteiger charge is 2.31. The second-order valence-corrected chi connectivity index (χ2v) is 4.29. The van der Waals surface area contributed by atoms with E-state index in [1.807, 2.05) is 0 Å². The number of imide groups is 1. The van der Waals surface area contributed by atoms with E-state index >= 15 is 0 Å². The van der Waals surface area contributed by atoms with Crippen molar-refractivity contribution in [1.82, 2.24) is 10.6 Å². The quantitative estimate of drug-likeness (QED) is 0.521. The molecule has 0 aromatic heterocycles. The zero-order valence-electron chi connectivity index (χ0n) is 9.20. The Labute approximate surface area is 107 Å². The third-order valence-electron chi connectivity index (χ3n) is 2.53. The highest BCUT2D eigenvalue weighted by molar-refractivity contribution is 6.33. The van der Waals surface area contributed by atoms with Gasteiger partial charge >= 0.3 is 0 Å². The first kappa shape index (κ1) is 12.4. The molecule has 0 bridgehead atoms. The number of nitrogens with two attached hydrogens (primary N) is 1. The van der Waals surface area contributed by atoms with E-state index in [-0.39, 0.29) is 17.7 Å². The molecule has 1 aromatic carbocycles. The van der Waals surface area contributed by atoms with Crippen LogP contribution < -0.4 is 16.4 Å². The lowest BCUT2D eigenvalue weighted by atomic mass is 10.1. The Morgan fingerprint density at radius 3 is 2.72 bits per heavy atom. The van der Waals surface area contributed by atoms with Crippen molar-refractivity contribution in [2.75, 3.05) is 5.73 Å². The summed E-state index contributed by atoms with van der Waals surface area (Å²) in [4.78, 5) is 34.1. The number of carbonyl (C=O) groups is 3. The monoisotopic (exact) mass is 267 g/mol. The summed E-state index contributed by atoms with van der Waals surface area (Å²) in [5, 5.41) is 4.90. The van der Waals surface area contributed by atoms with E-state index in [0.717, 1.165) is 0 Å². The van der Waals surface area contributed by atoms with Gasteiger partial charge in [-0.25, -0.2) is 0 Å². The Hall–Kier alpha value is -2.08. The maximum Gasteiger partial charge on any atom is 0.252 e. The number of nitrogen functional groups attached to an aromatic ring is 1. The molecule has 0 spiro atoms. The Morgan fingerprint density at radius 1 is 1.44 bits per heavy atom. The maximum atomic E-state index is 11.8. The molecular weight excluding hydrogens is 258 g/mol. The van der Waals surface area contributed by atoms with Crippen LogP contribution in [0.2, 0.25) is 5.02 Å². The maximum absolute atomic E-state index is 11.8. The minimum atomic E-state index is -0.832. The van der Waals surface area contributed by atoms with Crippen LogP contribution >= 0.6 is 11.6 Å². The summed E-state index contributed by atoms with van der Waals surface area (Å²) >= 11 is 5.73. The molecule has 94 valence electrons. The Kier molecular flexibility index (Phi) is 3.20. The average molecular weight is 268 g/mol. The summed E-state index contributed by atoms with van der Waals surface area (Å²) in [5.74, 6) is -1.38. The second-order valence-electron chi connectivity index (χ2n) is 3.88. The molecule has 1 unspecified atom stereocenters. The SMILES string of the molecule is Nc1cc(C(=O)NC2CC(=O)NC2=O)ccc1Cl. The molecule has 1 heterocycles. The molecule has 0 aliphatic carbocycles. The molecule has 6 nitrogen and oxygen atoms in total. The Bertz CT molecular complexity index is 544. The molecule has 1 aliphatic heterocycles. The summed E-state index contributed by atoms with van der Waals surface area (Å²) < 4.78 is 0. The minimum absolute atomic E-state index is 0.0480. The zero-order valence-corrected chi connectivity index (χ0v) is 9.95. The van der Waals surface area contributed by atoms with Gasteiger partial charge in [0.1, 0.15) is 6.04 Å². The van der Waals surface area contributed by atoms with Crippen molar-refractivity contribution in [2.24, 2.45) is 0 Å². The van der Waals surface area contributed by atoms with Gasteiger partial charge in [-0.05, 0) is 18.2 Å². The highest BCUT2D eigenvalue weighted by Crippen LogP contribution is 2.19. The lowest BCUT2D eigenvalue weighted by Crippen LogP contribution is -2.40. The van der Waals surface area contributed by atoms with Gasteiger partial charge < -0.3 is 11.1 Å². The molecule has 3 amide bonds. The van der Waals surface area contributed by atoms with Crippen LogP contribution in [0.1, 0.15) is 16.8 Å². The fraction of sp³-hybridized carbons (Fsp3) is 0.182. The van der Waals surface area contributed by atoms with Crippen LogP contribution in [0, 0.1) is 0 Å². The van der Waals surface area contributed by atoms with Gasteiger partial charge in [0.25, 0.3) is 5.91 Å². The third kappa shape index (κ3) is 2.43. The van der Waals surface area contributed by atoms with Crippen molar-refractivity contribution in [1.29, 1.82) is 0 Å². The predicted octanol–water partition coefficient (Wildman–Crippen LogP) is 0.0671. The first-order chi connectivity index (χ1) is 8.47. The van der Waals surface area contributed by atoms with Crippen molar-refractivity contribution in [3.63, 3.8) is 0 Å². The summed E-state index contributed by atoms with van der Waals surface area (Å²) in [6, 6.07) is 3.56. The number of benzene rings is 1.